The highest BCUT2D eigenvalue weighted by atomic mass is 32.2. The van der Waals surface area contributed by atoms with Crippen molar-refractivity contribution in [3.63, 3.8) is 0 Å². The zero-order chi connectivity index (χ0) is 53.0. The first-order valence-electron chi connectivity index (χ1n) is 23.1. The lowest BCUT2D eigenvalue weighted by atomic mass is 10.1. The lowest BCUT2D eigenvalue weighted by molar-refractivity contribution is 0.0701. The summed E-state index contributed by atoms with van der Waals surface area (Å²) in [6.45, 7) is 15.2. The first-order valence-corrected chi connectivity index (χ1v) is 30.8. The number of nitrogens with zero attached hydrogens (tertiary/aromatic N) is 4. The SMILES string of the molecule is C.C.CCCSCP(=O)(OCC)OCC.CCOP(=O)(CS(=O)CCNC(=O)c1ccc(N(C)Cc2ccc3nc(C)[nH]c(=O)c3c2)s1)OCC.Cc1nc2ccc(CN(C)c3ccc(C(=O)O)s3)cc2c(=O)[nH]1. The Bertz CT molecular complexity index is 2960. The van der Waals surface area contributed by atoms with Gasteiger partial charge in [0, 0.05) is 50.3 Å². The summed E-state index contributed by atoms with van der Waals surface area (Å²) in [5.41, 5.74) is 3.18. The number of aromatic amines is 2. The van der Waals surface area contributed by atoms with Crippen molar-refractivity contribution < 1.29 is 46.1 Å². The lowest BCUT2D eigenvalue weighted by Crippen LogP contribution is -2.27. The van der Waals surface area contributed by atoms with Gasteiger partial charge in [-0.1, -0.05) is 33.9 Å². The fourth-order valence-corrected chi connectivity index (χ4v) is 15.3. The molecule has 0 radical (unpaired) electrons. The maximum atomic E-state index is 12.6. The number of aromatic nitrogens is 4. The maximum absolute atomic E-state index is 12.6. The monoisotopic (exact) mass is 1140 g/mol. The standard InChI is InChI=1S/C23H31N4O6PS2.C16H15N3O3S.C8H19O3PS.2CH4/c1-5-32-34(30,33-6-2)15-36(31)12-11-24-23(29)20-9-10-21(35-20)27(4)14-17-7-8-19-18(13-17)22(28)26-16(3)25-19;1-9-17-12-4-3-10(7-11(12)15(20)18-9)8-19(2)14-6-5-13(23-14)16(21)22;1-4-7-13-8-12(9,10-5-2)11-6-3;;/h7-10,13H,5-6,11-12,14-15H2,1-4H3,(H,24,29)(H,25,26,28);3-7H,8H2,1-2H3,(H,21,22)(H,17,18,20);4-8H2,1-3H3;2*1H4. The maximum Gasteiger partial charge on any atom is 0.345 e. The number of rotatable bonds is 25. The number of amides is 1. The van der Waals surface area contributed by atoms with Gasteiger partial charge in [0.05, 0.1) is 68.6 Å². The molecule has 0 fully saturated rings. The third-order valence-electron chi connectivity index (χ3n) is 9.80. The molecule has 410 valence electrons. The van der Waals surface area contributed by atoms with Gasteiger partial charge >= 0.3 is 21.2 Å². The molecule has 2 aromatic carbocycles. The van der Waals surface area contributed by atoms with Crippen molar-refractivity contribution >= 4 is 104 Å². The van der Waals surface area contributed by atoms with E-state index in [1.54, 1.807) is 57.7 Å². The number of carboxylic acids is 1. The van der Waals surface area contributed by atoms with Crippen molar-refractivity contribution in [1.29, 1.82) is 0 Å². The number of aromatic carboxylic acids is 1. The van der Waals surface area contributed by atoms with Crippen molar-refractivity contribution in [2.45, 2.75) is 82.8 Å². The Labute approximate surface area is 449 Å². The predicted molar refractivity (Wildman–Crippen MR) is 307 cm³/mol. The van der Waals surface area contributed by atoms with E-state index in [1.807, 2.05) is 80.2 Å². The fraction of sp³-hybridized carbons (Fsp3) is 0.469. The van der Waals surface area contributed by atoms with Gasteiger partial charge in [0.1, 0.15) is 22.0 Å². The Kier molecular flexibility index (Phi) is 28.5. The van der Waals surface area contributed by atoms with E-state index < -0.39 is 32.0 Å². The highest BCUT2D eigenvalue weighted by molar-refractivity contribution is 8.04. The first kappa shape index (κ1) is 65.6. The van der Waals surface area contributed by atoms with Gasteiger partial charge in [0.2, 0.25) is 0 Å². The summed E-state index contributed by atoms with van der Waals surface area (Å²) in [7, 11) is -3.84. The van der Waals surface area contributed by atoms with Crippen LogP contribution in [0.1, 0.15) is 98.0 Å². The second kappa shape index (κ2) is 32.1. The minimum absolute atomic E-state index is 0. The number of thiophene rings is 2. The third kappa shape index (κ3) is 20.5. The normalized spacial score (nSPS) is 11.6. The van der Waals surface area contributed by atoms with Crippen LogP contribution in [0.25, 0.3) is 21.8 Å². The summed E-state index contributed by atoms with van der Waals surface area (Å²) in [6.07, 6.45) is 1.09. The highest BCUT2D eigenvalue weighted by Crippen LogP contribution is 2.51. The van der Waals surface area contributed by atoms with Crippen LogP contribution >= 0.6 is 49.6 Å². The van der Waals surface area contributed by atoms with Gasteiger partial charge in [0.15, 0.2) is 0 Å². The van der Waals surface area contributed by atoms with Gasteiger partial charge in [0.25, 0.3) is 17.0 Å². The van der Waals surface area contributed by atoms with Crippen LogP contribution < -0.4 is 26.2 Å². The summed E-state index contributed by atoms with van der Waals surface area (Å²) in [5, 5.41) is 14.6. The lowest BCUT2D eigenvalue weighted by Gasteiger charge is -2.17. The van der Waals surface area contributed by atoms with Crippen LogP contribution in [0.4, 0.5) is 10.0 Å². The molecule has 0 bridgehead atoms. The number of H-pyrrole nitrogens is 2. The number of carboxylic acid groups (broad SMARTS) is 1. The molecule has 6 aromatic rings. The van der Waals surface area contributed by atoms with Gasteiger partial charge in [-0.2, -0.15) is 0 Å². The molecule has 1 atom stereocenters. The molecule has 1 unspecified atom stereocenters. The molecule has 0 aliphatic heterocycles. The van der Waals surface area contributed by atoms with E-state index in [1.165, 1.54) is 22.7 Å². The van der Waals surface area contributed by atoms with Crippen LogP contribution in [0.15, 0.2) is 70.3 Å². The van der Waals surface area contributed by atoms with Crippen LogP contribution in [-0.2, 0) is 51.1 Å². The molecule has 0 spiro atoms. The van der Waals surface area contributed by atoms with E-state index in [0.717, 1.165) is 33.3 Å². The molecule has 25 heteroatoms. The van der Waals surface area contributed by atoms with E-state index in [0.29, 0.717) is 75.0 Å². The molecular formula is C49H73N7O12P2S4. The zero-order valence-electron chi connectivity index (χ0n) is 42.0. The number of carbonyl (C=O) groups excluding carboxylic acids is 1. The molecule has 0 saturated carbocycles. The van der Waals surface area contributed by atoms with E-state index in [9.17, 15) is 32.5 Å². The number of fused-ring (bicyclic) bond motifs is 2. The van der Waals surface area contributed by atoms with Crippen LogP contribution in [0, 0.1) is 13.8 Å². The molecule has 0 aliphatic carbocycles. The quantitative estimate of drug-likeness (QED) is 0.0307. The Morgan fingerprint density at radius 1 is 0.716 bits per heavy atom. The number of aryl methyl sites for hydroxylation is 2. The summed E-state index contributed by atoms with van der Waals surface area (Å²) < 4.78 is 57.2. The van der Waals surface area contributed by atoms with Gasteiger partial charge in [-0.05, 0) is 113 Å². The fourth-order valence-electron chi connectivity index (χ4n) is 6.75. The Hall–Kier alpha value is -4.54. The minimum Gasteiger partial charge on any atom is -0.477 e. The predicted octanol–water partition coefficient (Wildman–Crippen LogP) is 10.9. The Morgan fingerprint density at radius 2 is 1.16 bits per heavy atom. The number of hydrogen-bond donors (Lipinski definition) is 4. The second-order valence-electron chi connectivity index (χ2n) is 15.8. The molecule has 0 aliphatic rings. The highest BCUT2D eigenvalue weighted by Gasteiger charge is 2.27. The molecule has 0 saturated heterocycles. The van der Waals surface area contributed by atoms with E-state index >= 15 is 0 Å². The average Bonchev–Trinajstić information content (AvgIpc) is 4.03. The molecule has 19 nitrogen and oxygen atoms in total. The number of thioether (sulfide) groups is 1. The van der Waals surface area contributed by atoms with Crippen molar-refractivity contribution in [3.8, 4) is 0 Å². The smallest absolute Gasteiger partial charge is 0.345 e. The van der Waals surface area contributed by atoms with Crippen LogP contribution in [0.3, 0.4) is 0 Å². The topological polar surface area (TPSA) is 253 Å². The molecule has 4 N–H and O–H groups in total. The number of anilines is 2. The second-order valence-corrected chi connectivity index (χ2v) is 25.5. The molecule has 74 heavy (non-hydrogen) atoms. The summed E-state index contributed by atoms with van der Waals surface area (Å²) in [6, 6.07) is 18.1. The summed E-state index contributed by atoms with van der Waals surface area (Å²) in [5.74, 6) is 1.12. The van der Waals surface area contributed by atoms with E-state index in [4.69, 9.17) is 23.2 Å². The van der Waals surface area contributed by atoms with Crippen molar-refractivity contribution in [2.75, 3.05) is 79.4 Å². The molecule has 6 rings (SSSR count). The van der Waals surface area contributed by atoms with Crippen molar-refractivity contribution in [1.82, 2.24) is 25.3 Å². The minimum atomic E-state index is -3.39. The van der Waals surface area contributed by atoms with Crippen molar-refractivity contribution in [2.24, 2.45) is 0 Å². The molecular weight excluding hydrogens is 1070 g/mol. The molecule has 1 amide bonds. The van der Waals surface area contributed by atoms with Gasteiger partial charge < -0.3 is 48.3 Å². The summed E-state index contributed by atoms with van der Waals surface area (Å²) in [4.78, 5) is 66.6. The largest absolute Gasteiger partial charge is 0.477 e. The van der Waals surface area contributed by atoms with Crippen molar-refractivity contribution in [3.05, 3.63) is 114 Å². The summed E-state index contributed by atoms with van der Waals surface area (Å²) >= 11 is 4.18. The Balaban J connectivity index is 0.000000422. The number of benzene rings is 2. The first-order chi connectivity index (χ1) is 34.3. The van der Waals surface area contributed by atoms with Gasteiger partial charge in [-0.25, -0.2) is 14.8 Å². The van der Waals surface area contributed by atoms with Gasteiger partial charge in [-0.3, -0.25) is 27.7 Å². The number of carbonyl (C=O) groups is 2. The van der Waals surface area contributed by atoms with E-state index in [-0.39, 0.29) is 62.9 Å². The van der Waals surface area contributed by atoms with Gasteiger partial charge in [-0.15, -0.1) is 34.4 Å². The zero-order valence-corrected chi connectivity index (χ0v) is 47.1. The van der Waals surface area contributed by atoms with Crippen LogP contribution in [0.2, 0.25) is 0 Å². The van der Waals surface area contributed by atoms with Crippen LogP contribution in [-0.4, -0.2) is 111 Å². The molecule has 4 heterocycles. The third-order valence-corrected chi connectivity index (χ3v) is 20.6. The number of nitrogens with one attached hydrogen (secondary N) is 3. The van der Waals surface area contributed by atoms with E-state index in [2.05, 4.69) is 32.2 Å². The number of hydrogen-bond acceptors (Lipinski definition) is 18. The molecule has 4 aromatic heterocycles. The Morgan fingerprint density at radius 3 is 1.59 bits per heavy atom. The van der Waals surface area contributed by atoms with Crippen LogP contribution in [0.5, 0.6) is 0 Å². The average molecular weight is 1140 g/mol.